The Balaban J connectivity index is 1.47. The number of hydrogen-bond acceptors (Lipinski definition) is 6. The highest BCUT2D eigenvalue weighted by Crippen LogP contribution is 2.38. The minimum Gasteiger partial charge on any atom is -0.489 e. The zero-order valence-corrected chi connectivity index (χ0v) is 23.3. The molecule has 1 aromatic heterocycles. The summed E-state index contributed by atoms with van der Waals surface area (Å²) in [4.78, 5) is 18.4. The number of para-hydroxylation sites is 1. The minimum atomic E-state index is -0.471. The largest absolute Gasteiger partial charge is 0.489 e. The number of amides is 1. The van der Waals surface area contributed by atoms with Crippen molar-refractivity contribution in [3.8, 4) is 5.75 Å². The molecule has 0 bridgehead atoms. The summed E-state index contributed by atoms with van der Waals surface area (Å²) in [5.74, 6) is 2.11. The summed E-state index contributed by atoms with van der Waals surface area (Å²) in [6.07, 6.45) is 2.20. The van der Waals surface area contributed by atoms with Crippen LogP contribution in [0.2, 0.25) is 0 Å². The van der Waals surface area contributed by atoms with E-state index in [9.17, 15) is 4.79 Å². The van der Waals surface area contributed by atoms with E-state index in [1.165, 1.54) is 5.56 Å². The van der Waals surface area contributed by atoms with Gasteiger partial charge >= 0.3 is 0 Å². The highest BCUT2D eigenvalue weighted by atomic mass is 32.2. The van der Waals surface area contributed by atoms with Gasteiger partial charge in [-0.1, -0.05) is 85.3 Å². The number of carbonyl (C=O) groups is 1. The Morgan fingerprint density at radius 3 is 2.62 bits per heavy atom. The van der Waals surface area contributed by atoms with Gasteiger partial charge in [-0.3, -0.25) is 4.79 Å². The van der Waals surface area contributed by atoms with Gasteiger partial charge in [0, 0.05) is 17.1 Å². The van der Waals surface area contributed by atoms with E-state index in [4.69, 9.17) is 14.8 Å². The maximum atomic E-state index is 13.7. The van der Waals surface area contributed by atoms with Crippen molar-refractivity contribution in [3.63, 3.8) is 0 Å². The molecule has 1 aliphatic rings. The van der Waals surface area contributed by atoms with Crippen molar-refractivity contribution >= 4 is 29.3 Å². The third-order valence-electron chi connectivity index (χ3n) is 6.54. The Hall–Kier alpha value is -4.04. The molecule has 200 valence electrons. The highest BCUT2D eigenvalue weighted by Gasteiger charge is 2.34. The lowest BCUT2D eigenvalue weighted by atomic mass is 9.95. The minimum absolute atomic E-state index is 0.191. The summed E-state index contributed by atoms with van der Waals surface area (Å²) in [6.45, 7) is 6.61. The van der Waals surface area contributed by atoms with Crippen LogP contribution in [0.5, 0.6) is 5.75 Å². The van der Waals surface area contributed by atoms with Crippen molar-refractivity contribution in [2.24, 2.45) is 0 Å². The molecule has 0 saturated carbocycles. The number of benzene rings is 3. The van der Waals surface area contributed by atoms with Crippen LogP contribution in [0, 0.1) is 6.92 Å². The monoisotopic (exact) mass is 539 g/mol. The predicted molar refractivity (Wildman–Crippen MR) is 157 cm³/mol. The molecule has 2 heterocycles. The normalized spacial score (nSPS) is 14.5. The molecule has 4 aromatic rings. The number of fused-ring (bicyclic) bond motifs is 1. The van der Waals surface area contributed by atoms with E-state index in [1.807, 2.05) is 66.2 Å². The molecule has 0 radical (unpaired) electrons. The maximum absolute atomic E-state index is 13.7. The van der Waals surface area contributed by atoms with Gasteiger partial charge in [-0.15, -0.1) is 5.10 Å². The molecule has 1 amide bonds. The lowest BCUT2D eigenvalue weighted by Crippen LogP contribution is -2.31. The van der Waals surface area contributed by atoms with Crippen LogP contribution in [-0.2, 0) is 11.4 Å². The smallest absolute Gasteiger partial charge is 0.255 e. The second-order valence-corrected chi connectivity index (χ2v) is 10.7. The van der Waals surface area contributed by atoms with Crippen molar-refractivity contribution in [2.75, 3.05) is 16.4 Å². The lowest BCUT2D eigenvalue weighted by molar-refractivity contribution is -0.113. The van der Waals surface area contributed by atoms with Gasteiger partial charge in [0.25, 0.3) is 5.91 Å². The topological polar surface area (TPSA) is 81.1 Å². The zero-order valence-electron chi connectivity index (χ0n) is 22.5. The number of thioether (sulfide) groups is 1. The Morgan fingerprint density at radius 2 is 1.85 bits per heavy atom. The summed E-state index contributed by atoms with van der Waals surface area (Å²) in [6, 6.07) is 25.2. The number of anilines is 2. The summed E-state index contributed by atoms with van der Waals surface area (Å²) in [7, 11) is 0. The number of nitrogens with zero attached hydrogens (tertiary/aromatic N) is 3. The van der Waals surface area contributed by atoms with Gasteiger partial charge in [0.05, 0.1) is 5.57 Å². The van der Waals surface area contributed by atoms with E-state index in [-0.39, 0.29) is 5.91 Å². The molecule has 2 N–H and O–H groups in total. The van der Waals surface area contributed by atoms with E-state index in [2.05, 4.69) is 48.7 Å². The molecular formula is C31H33N5O2S. The van der Waals surface area contributed by atoms with Crippen LogP contribution in [0.3, 0.4) is 0 Å². The SMILES string of the molecule is CCCCSc1nc2n(n1)C(c1cccc(OCc3ccc(C)cc3)c1)C(C(=O)Nc1ccccc1)=C(C)N2. The van der Waals surface area contributed by atoms with Crippen molar-refractivity contribution in [1.82, 2.24) is 14.8 Å². The number of allylic oxidation sites excluding steroid dienone is 1. The van der Waals surface area contributed by atoms with Crippen LogP contribution in [-0.4, -0.2) is 26.4 Å². The number of aromatic nitrogens is 3. The Bertz CT molecular complexity index is 1460. The molecule has 1 atom stereocenters. The van der Waals surface area contributed by atoms with Crippen molar-refractivity contribution in [3.05, 3.63) is 107 Å². The maximum Gasteiger partial charge on any atom is 0.255 e. The average Bonchev–Trinajstić information content (AvgIpc) is 3.35. The first-order chi connectivity index (χ1) is 19.0. The predicted octanol–water partition coefficient (Wildman–Crippen LogP) is 6.99. The molecule has 8 heteroatoms. The quantitative estimate of drug-likeness (QED) is 0.167. The molecule has 7 nitrogen and oxygen atoms in total. The molecule has 1 aliphatic heterocycles. The Kier molecular flexibility index (Phi) is 8.32. The number of hydrogen-bond donors (Lipinski definition) is 2. The highest BCUT2D eigenvalue weighted by molar-refractivity contribution is 7.99. The molecule has 0 fully saturated rings. The van der Waals surface area contributed by atoms with E-state index in [0.29, 0.717) is 23.3 Å². The van der Waals surface area contributed by atoms with Crippen molar-refractivity contribution < 1.29 is 9.53 Å². The van der Waals surface area contributed by atoms with Crippen LogP contribution in [0.4, 0.5) is 11.6 Å². The van der Waals surface area contributed by atoms with E-state index < -0.39 is 6.04 Å². The van der Waals surface area contributed by atoms with E-state index in [0.717, 1.165) is 46.9 Å². The molecule has 0 spiro atoms. The van der Waals surface area contributed by atoms with Gasteiger partial charge in [-0.25, -0.2) is 4.68 Å². The first-order valence-electron chi connectivity index (χ1n) is 13.2. The fourth-order valence-electron chi connectivity index (χ4n) is 4.45. The lowest BCUT2D eigenvalue weighted by Gasteiger charge is -2.29. The van der Waals surface area contributed by atoms with Gasteiger partial charge in [-0.2, -0.15) is 4.98 Å². The molecule has 5 rings (SSSR count). The van der Waals surface area contributed by atoms with Crippen LogP contribution < -0.4 is 15.4 Å². The zero-order chi connectivity index (χ0) is 27.2. The summed E-state index contributed by atoms with van der Waals surface area (Å²) in [5, 5.41) is 11.9. The first-order valence-corrected chi connectivity index (χ1v) is 14.2. The number of ether oxygens (including phenoxy) is 1. The molecule has 3 aromatic carbocycles. The van der Waals surface area contributed by atoms with Crippen LogP contribution in [0.25, 0.3) is 0 Å². The summed E-state index contributed by atoms with van der Waals surface area (Å²) >= 11 is 1.63. The van der Waals surface area contributed by atoms with Crippen LogP contribution >= 0.6 is 11.8 Å². The molecule has 39 heavy (non-hydrogen) atoms. The van der Waals surface area contributed by atoms with E-state index >= 15 is 0 Å². The van der Waals surface area contributed by atoms with Crippen molar-refractivity contribution in [2.45, 2.75) is 51.4 Å². The van der Waals surface area contributed by atoms with Gasteiger partial charge in [0.15, 0.2) is 0 Å². The summed E-state index contributed by atoms with van der Waals surface area (Å²) in [5.41, 5.74) is 5.26. The standard InChI is InChI=1S/C31H33N5O2S/c1-4-5-18-39-31-34-30-32-22(3)27(29(37)33-25-11-7-6-8-12-25)28(36(30)35-31)24-10-9-13-26(19-24)38-20-23-16-14-21(2)15-17-23/h6-17,19,28H,4-5,18,20H2,1-3H3,(H,33,37)(H,32,34,35). The fraction of sp³-hybridized carbons (Fsp3) is 0.258. The number of aryl methyl sites for hydroxylation is 1. The Morgan fingerprint density at radius 1 is 1.05 bits per heavy atom. The second-order valence-electron chi connectivity index (χ2n) is 9.60. The third kappa shape index (κ3) is 6.34. The average molecular weight is 540 g/mol. The third-order valence-corrected chi connectivity index (χ3v) is 7.46. The number of nitrogens with one attached hydrogen (secondary N) is 2. The molecule has 0 aliphatic carbocycles. The molecule has 1 unspecified atom stereocenters. The van der Waals surface area contributed by atoms with E-state index in [1.54, 1.807) is 11.8 Å². The second kappa shape index (κ2) is 12.2. The number of carbonyl (C=O) groups excluding carboxylic acids is 1. The van der Waals surface area contributed by atoms with Gasteiger partial charge in [0.2, 0.25) is 11.1 Å². The Labute approximate surface area is 233 Å². The van der Waals surface area contributed by atoms with Crippen LogP contribution in [0.1, 0.15) is 49.4 Å². The van der Waals surface area contributed by atoms with Gasteiger partial charge in [-0.05, 0) is 55.7 Å². The van der Waals surface area contributed by atoms with Crippen LogP contribution in [0.15, 0.2) is 95.3 Å². The first kappa shape index (κ1) is 26.6. The molecule has 0 saturated heterocycles. The van der Waals surface area contributed by atoms with Gasteiger partial charge < -0.3 is 15.4 Å². The molecular weight excluding hydrogens is 506 g/mol. The van der Waals surface area contributed by atoms with Crippen molar-refractivity contribution in [1.29, 1.82) is 0 Å². The number of rotatable bonds is 10. The summed E-state index contributed by atoms with van der Waals surface area (Å²) < 4.78 is 7.98. The fourth-order valence-corrected chi connectivity index (χ4v) is 5.36. The van der Waals surface area contributed by atoms with Gasteiger partial charge in [0.1, 0.15) is 18.4 Å². The number of unbranched alkanes of at least 4 members (excludes halogenated alkanes) is 1.